The predicted molar refractivity (Wildman–Crippen MR) is 60.7 cm³/mol. The van der Waals surface area contributed by atoms with Gasteiger partial charge in [0.05, 0.1) is 17.1 Å². The Hall–Kier alpha value is -0.590. The molecule has 0 spiro atoms. The quantitative estimate of drug-likeness (QED) is 0.798. The Bertz CT molecular complexity index is 283. The van der Waals surface area contributed by atoms with E-state index in [0.717, 1.165) is 6.42 Å². The fourth-order valence-corrected chi connectivity index (χ4v) is 2.95. The van der Waals surface area contributed by atoms with Crippen LogP contribution in [0.15, 0.2) is 0 Å². The number of hydrogen-bond donors (Lipinski definition) is 1. The summed E-state index contributed by atoms with van der Waals surface area (Å²) < 4.78 is 5.30. The Morgan fingerprint density at radius 3 is 2.50 bits per heavy atom. The van der Waals surface area contributed by atoms with Gasteiger partial charge < -0.3 is 9.84 Å². The van der Waals surface area contributed by atoms with E-state index in [2.05, 4.69) is 6.07 Å². The fourth-order valence-electron chi connectivity index (χ4n) is 2.95. The molecule has 1 unspecified atom stereocenters. The van der Waals surface area contributed by atoms with Crippen LogP contribution in [0.1, 0.15) is 45.4 Å². The second-order valence-corrected chi connectivity index (χ2v) is 5.58. The van der Waals surface area contributed by atoms with Crippen LogP contribution in [0.2, 0.25) is 0 Å². The first-order valence-electron chi connectivity index (χ1n) is 6.31. The van der Waals surface area contributed by atoms with Gasteiger partial charge in [0.1, 0.15) is 0 Å². The minimum absolute atomic E-state index is 0.582. The van der Waals surface area contributed by atoms with Crippen LogP contribution in [-0.2, 0) is 4.74 Å². The van der Waals surface area contributed by atoms with E-state index in [1.54, 1.807) is 0 Å². The van der Waals surface area contributed by atoms with Crippen LogP contribution in [0, 0.1) is 22.7 Å². The largest absolute Gasteiger partial charge is 0.389 e. The predicted octanol–water partition coefficient (Wildman–Crippen LogP) is 2.25. The molecule has 3 nitrogen and oxygen atoms in total. The molecule has 90 valence electrons. The third-order valence-electron chi connectivity index (χ3n) is 4.50. The molecule has 0 aromatic carbocycles. The van der Waals surface area contributed by atoms with E-state index >= 15 is 0 Å². The Morgan fingerprint density at radius 2 is 2.06 bits per heavy atom. The highest BCUT2D eigenvalue weighted by Gasteiger charge is 2.49. The van der Waals surface area contributed by atoms with Gasteiger partial charge in [-0.15, -0.1) is 0 Å². The lowest BCUT2D eigenvalue weighted by molar-refractivity contribution is -0.109. The molecular formula is C13H21NO2. The number of nitriles is 1. The maximum atomic E-state index is 10.6. The number of rotatable bonds is 3. The van der Waals surface area contributed by atoms with E-state index in [1.165, 1.54) is 19.3 Å². The third kappa shape index (κ3) is 1.97. The van der Waals surface area contributed by atoms with Crippen molar-refractivity contribution in [2.75, 3.05) is 13.2 Å². The van der Waals surface area contributed by atoms with Gasteiger partial charge in [-0.3, -0.25) is 0 Å². The van der Waals surface area contributed by atoms with Crippen molar-refractivity contribution in [3.05, 3.63) is 0 Å². The molecule has 2 aliphatic rings. The monoisotopic (exact) mass is 223 g/mol. The Morgan fingerprint density at radius 1 is 1.44 bits per heavy atom. The second kappa shape index (κ2) is 4.35. The van der Waals surface area contributed by atoms with Crippen LogP contribution in [-0.4, -0.2) is 23.9 Å². The zero-order valence-corrected chi connectivity index (χ0v) is 10.0. The van der Waals surface area contributed by atoms with Crippen molar-refractivity contribution in [2.45, 2.75) is 51.0 Å². The molecule has 3 heteroatoms. The van der Waals surface area contributed by atoms with E-state index in [9.17, 15) is 10.4 Å². The second-order valence-electron chi connectivity index (χ2n) is 5.58. The summed E-state index contributed by atoms with van der Waals surface area (Å²) in [4.78, 5) is 0. The third-order valence-corrected chi connectivity index (χ3v) is 4.50. The van der Waals surface area contributed by atoms with Gasteiger partial charge in [-0.1, -0.05) is 19.3 Å². The van der Waals surface area contributed by atoms with Gasteiger partial charge >= 0.3 is 0 Å². The van der Waals surface area contributed by atoms with Crippen molar-refractivity contribution in [3.8, 4) is 6.07 Å². The highest BCUT2D eigenvalue weighted by atomic mass is 16.5. The smallest absolute Gasteiger partial charge is 0.0901 e. The number of hydrogen-bond acceptors (Lipinski definition) is 3. The average Bonchev–Trinajstić information content (AvgIpc) is 2.24. The first-order chi connectivity index (χ1) is 7.60. The highest BCUT2D eigenvalue weighted by molar-refractivity contribution is 5.11. The lowest BCUT2D eigenvalue weighted by Gasteiger charge is -2.45. The van der Waals surface area contributed by atoms with Gasteiger partial charge in [0, 0.05) is 13.2 Å². The van der Waals surface area contributed by atoms with Crippen LogP contribution in [0.4, 0.5) is 0 Å². The molecule has 1 heterocycles. The van der Waals surface area contributed by atoms with Gasteiger partial charge in [0.15, 0.2) is 0 Å². The van der Waals surface area contributed by atoms with Crippen molar-refractivity contribution in [2.24, 2.45) is 11.3 Å². The molecule has 2 fully saturated rings. The summed E-state index contributed by atoms with van der Waals surface area (Å²) in [5.41, 5.74) is -1.43. The van der Waals surface area contributed by atoms with Crippen LogP contribution in [0.25, 0.3) is 0 Å². The Balaban J connectivity index is 2.08. The van der Waals surface area contributed by atoms with E-state index in [-0.39, 0.29) is 0 Å². The SMILES string of the molecule is CC(O)(CC1CCC1)C1(C#N)CCOCC1. The lowest BCUT2D eigenvalue weighted by Crippen LogP contribution is -2.50. The van der Waals surface area contributed by atoms with E-state index in [0.29, 0.717) is 32.0 Å². The molecule has 1 atom stereocenters. The number of nitrogens with zero attached hydrogens (tertiary/aromatic N) is 1. The lowest BCUT2D eigenvalue weighted by atomic mass is 9.63. The molecule has 1 aliphatic carbocycles. The van der Waals surface area contributed by atoms with Crippen molar-refractivity contribution in [1.29, 1.82) is 5.26 Å². The molecule has 0 radical (unpaired) electrons. The summed E-state index contributed by atoms with van der Waals surface area (Å²) in [5.74, 6) is 0.628. The van der Waals surface area contributed by atoms with Crippen LogP contribution >= 0.6 is 0 Å². The van der Waals surface area contributed by atoms with Crippen LogP contribution in [0.3, 0.4) is 0 Å². The summed E-state index contributed by atoms with van der Waals surface area (Å²) >= 11 is 0. The molecule has 1 saturated carbocycles. The van der Waals surface area contributed by atoms with Gasteiger partial charge in [-0.05, 0) is 32.1 Å². The minimum atomic E-state index is -0.851. The highest BCUT2D eigenvalue weighted by Crippen LogP contribution is 2.46. The van der Waals surface area contributed by atoms with Gasteiger partial charge in [0.2, 0.25) is 0 Å². The maximum absolute atomic E-state index is 10.6. The van der Waals surface area contributed by atoms with E-state index < -0.39 is 11.0 Å². The van der Waals surface area contributed by atoms with Crippen molar-refractivity contribution >= 4 is 0 Å². The molecule has 0 aromatic rings. The fraction of sp³-hybridized carbons (Fsp3) is 0.923. The summed E-state index contributed by atoms with van der Waals surface area (Å²) in [6.07, 6.45) is 5.83. The van der Waals surface area contributed by atoms with Crippen molar-refractivity contribution < 1.29 is 9.84 Å². The van der Waals surface area contributed by atoms with Crippen LogP contribution < -0.4 is 0 Å². The minimum Gasteiger partial charge on any atom is -0.389 e. The Kier molecular flexibility index (Phi) is 3.23. The maximum Gasteiger partial charge on any atom is 0.0901 e. The van der Waals surface area contributed by atoms with E-state index in [1.807, 2.05) is 6.92 Å². The summed E-state index contributed by atoms with van der Waals surface area (Å²) in [5, 5.41) is 20.1. The zero-order valence-electron chi connectivity index (χ0n) is 10.0. The Labute approximate surface area is 97.4 Å². The molecule has 0 aromatic heterocycles. The molecule has 1 saturated heterocycles. The van der Waals surface area contributed by atoms with Gasteiger partial charge in [-0.25, -0.2) is 0 Å². The summed E-state index contributed by atoms with van der Waals surface area (Å²) in [6.45, 7) is 3.06. The molecule has 1 N–H and O–H groups in total. The molecule has 16 heavy (non-hydrogen) atoms. The zero-order chi connectivity index (χ0) is 11.6. The molecule has 1 aliphatic heterocycles. The standard InChI is InChI=1S/C13H21NO2/c1-12(15,9-11-3-2-4-11)13(10-14)5-7-16-8-6-13/h11,15H,2-9H2,1H3. The first-order valence-corrected chi connectivity index (χ1v) is 6.31. The van der Waals surface area contributed by atoms with E-state index in [4.69, 9.17) is 4.74 Å². The average molecular weight is 223 g/mol. The first kappa shape index (κ1) is 11.9. The van der Waals surface area contributed by atoms with Crippen LogP contribution in [0.5, 0.6) is 0 Å². The topological polar surface area (TPSA) is 53.2 Å². The van der Waals surface area contributed by atoms with Gasteiger partial charge in [-0.2, -0.15) is 5.26 Å². The van der Waals surface area contributed by atoms with Gasteiger partial charge in [0.25, 0.3) is 0 Å². The molecule has 0 bridgehead atoms. The normalized spacial score (nSPS) is 28.8. The van der Waals surface area contributed by atoms with Crippen molar-refractivity contribution in [1.82, 2.24) is 0 Å². The summed E-state index contributed by atoms with van der Waals surface area (Å²) in [7, 11) is 0. The molecule has 2 rings (SSSR count). The molecule has 0 amide bonds. The number of aliphatic hydroxyl groups is 1. The number of ether oxygens (including phenoxy) is 1. The molecular weight excluding hydrogens is 202 g/mol. The van der Waals surface area contributed by atoms with Crippen molar-refractivity contribution in [3.63, 3.8) is 0 Å². The summed E-state index contributed by atoms with van der Waals surface area (Å²) in [6, 6.07) is 2.38.